The van der Waals surface area contributed by atoms with Crippen molar-refractivity contribution in [1.82, 2.24) is 26.6 Å². The van der Waals surface area contributed by atoms with Gasteiger partial charge in [-0.25, -0.2) is 4.79 Å². The van der Waals surface area contributed by atoms with Crippen molar-refractivity contribution in [2.75, 3.05) is 13.1 Å². The van der Waals surface area contributed by atoms with Crippen molar-refractivity contribution < 1.29 is 53.4 Å². The molecule has 0 aliphatic heterocycles. The minimum Gasteiger partial charge on any atom is -0.481 e. The molecule has 17 N–H and O–H groups in total. The highest BCUT2D eigenvalue weighted by atomic mass is 16.4. The molecule has 0 unspecified atom stereocenters. The van der Waals surface area contributed by atoms with E-state index >= 15 is 0 Å². The number of hydrogen-bond donors (Lipinski definition) is 12. The summed E-state index contributed by atoms with van der Waals surface area (Å²) in [6.07, 6.45) is -0.824. The lowest BCUT2D eigenvalue weighted by Gasteiger charge is -2.27. The van der Waals surface area contributed by atoms with E-state index < -0.39 is 109 Å². The molecule has 7 amide bonds. The van der Waals surface area contributed by atoms with Crippen molar-refractivity contribution in [3.8, 4) is 0 Å². The van der Waals surface area contributed by atoms with Crippen molar-refractivity contribution in [2.45, 2.75) is 120 Å². The first kappa shape index (κ1) is 46.1. The Hall–Kier alpha value is -4.89. The number of nitrogens with two attached hydrogens (primary N) is 5. The molecule has 0 fully saturated rings. The number of carboxylic acids is 2. The first-order valence-electron chi connectivity index (χ1n) is 16.6. The second-order valence-electron chi connectivity index (χ2n) is 11.9. The second-order valence-corrected chi connectivity index (χ2v) is 11.9. The molecular formula is C30H54N10O11. The van der Waals surface area contributed by atoms with Gasteiger partial charge >= 0.3 is 11.9 Å². The third kappa shape index (κ3) is 20.4. The Bertz CT molecular complexity index is 1220. The molecule has 0 bridgehead atoms. The lowest BCUT2D eigenvalue weighted by atomic mass is 10.0. The van der Waals surface area contributed by atoms with Crippen molar-refractivity contribution in [3.63, 3.8) is 0 Å². The molecule has 0 saturated heterocycles. The van der Waals surface area contributed by atoms with Crippen molar-refractivity contribution in [3.05, 3.63) is 0 Å². The van der Waals surface area contributed by atoms with Gasteiger partial charge in [-0.3, -0.25) is 38.4 Å². The summed E-state index contributed by atoms with van der Waals surface area (Å²) < 4.78 is 0. The summed E-state index contributed by atoms with van der Waals surface area (Å²) in [6, 6.07) is -8.19. The molecule has 0 rings (SSSR count). The zero-order valence-corrected chi connectivity index (χ0v) is 28.8. The molecule has 0 aromatic rings. The largest absolute Gasteiger partial charge is 0.481 e. The van der Waals surface area contributed by atoms with Gasteiger partial charge in [0.15, 0.2) is 0 Å². The maximum absolute atomic E-state index is 13.6. The van der Waals surface area contributed by atoms with Crippen molar-refractivity contribution in [2.24, 2.45) is 28.7 Å². The highest BCUT2D eigenvalue weighted by Crippen LogP contribution is 2.09. The van der Waals surface area contributed by atoms with Crippen LogP contribution in [-0.4, -0.2) is 113 Å². The molecule has 6 atom stereocenters. The molecule has 0 spiro atoms. The Balaban J connectivity index is 6.27. The summed E-state index contributed by atoms with van der Waals surface area (Å²) >= 11 is 0. The zero-order chi connectivity index (χ0) is 39.1. The number of nitrogens with one attached hydrogen (secondary N) is 5. The third-order valence-electron chi connectivity index (χ3n) is 7.46. The second kappa shape index (κ2) is 25.1. The summed E-state index contributed by atoms with van der Waals surface area (Å²) in [5.41, 5.74) is 27.0. The van der Waals surface area contributed by atoms with Crippen LogP contribution in [0.25, 0.3) is 0 Å². The fourth-order valence-electron chi connectivity index (χ4n) is 4.55. The van der Waals surface area contributed by atoms with Gasteiger partial charge < -0.3 is 65.5 Å². The molecular weight excluding hydrogens is 676 g/mol. The quantitative estimate of drug-likeness (QED) is 0.0338. The molecule has 0 aliphatic rings. The number of rotatable bonds is 28. The van der Waals surface area contributed by atoms with E-state index in [1.165, 1.54) is 6.92 Å². The van der Waals surface area contributed by atoms with Gasteiger partial charge in [0, 0.05) is 19.3 Å². The van der Waals surface area contributed by atoms with Gasteiger partial charge in [-0.15, -0.1) is 0 Å². The lowest BCUT2D eigenvalue weighted by Crippen LogP contribution is -2.59. The highest BCUT2D eigenvalue weighted by Gasteiger charge is 2.33. The molecule has 51 heavy (non-hydrogen) atoms. The van der Waals surface area contributed by atoms with E-state index in [1.54, 1.807) is 0 Å². The van der Waals surface area contributed by atoms with Gasteiger partial charge in [-0.1, -0.05) is 0 Å². The van der Waals surface area contributed by atoms with E-state index in [9.17, 15) is 53.4 Å². The summed E-state index contributed by atoms with van der Waals surface area (Å²) in [5.74, 6) is -8.87. The number of unbranched alkanes of at least 4 members (excludes halogenated alkanes) is 2. The van der Waals surface area contributed by atoms with E-state index in [4.69, 9.17) is 28.7 Å². The minimum atomic E-state index is -1.60. The lowest BCUT2D eigenvalue weighted by molar-refractivity contribution is -0.142. The zero-order valence-electron chi connectivity index (χ0n) is 28.8. The van der Waals surface area contributed by atoms with Gasteiger partial charge in [-0.05, 0) is 77.8 Å². The average molecular weight is 731 g/mol. The van der Waals surface area contributed by atoms with E-state index in [0.717, 1.165) is 0 Å². The minimum absolute atomic E-state index is 0.0155. The summed E-state index contributed by atoms with van der Waals surface area (Å²) in [6.45, 7) is 1.89. The number of amides is 7. The van der Waals surface area contributed by atoms with Gasteiger partial charge in [0.1, 0.15) is 30.2 Å². The average Bonchev–Trinajstić information content (AvgIpc) is 3.04. The number of aliphatic carboxylic acids is 2. The normalized spacial score (nSPS) is 14.4. The molecule has 0 heterocycles. The fourth-order valence-corrected chi connectivity index (χ4v) is 4.55. The number of carbonyl (C=O) groups excluding carboxylic acids is 7. The predicted molar refractivity (Wildman–Crippen MR) is 180 cm³/mol. The van der Waals surface area contributed by atoms with E-state index in [2.05, 4.69) is 26.6 Å². The van der Waals surface area contributed by atoms with Crippen LogP contribution in [0.4, 0.5) is 0 Å². The third-order valence-corrected chi connectivity index (χ3v) is 7.46. The van der Waals surface area contributed by atoms with Crippen LogP contribution >= 0.6 is 0 Å². The maximum atomic E-state index is 13.6. The first-order chi connectivity index (χ1) is 23.9. The molecule has 0 aromatic carbocycles. The monoisotopic (exact) mass is 730 g/mol. The van der Waals surface area contributed by atoms with E-state index in [0.29, 0.717) is 32.2 Å². The highest BCUT2D eigenvalue weighted by molar-refractivity contribution is 5.96. The van der Waals surface area contributed by atoms with Crippen LogP contribution in [-0.2, 0) is 43.2 Å². The summed E-state index contributed by atoms with van der Waals surface area (Å²) in [4.78, 5) is 112. The Labute approximate surface area is 295 Å². The van der Waals surface area contributed by atoms with Gasteiger partial charge in [-0.2, -0.15) is 0 Å². The van der Waals surface area contributed by atoms with Crippen LogP contribution in [0.15, 0.2) is 0 Å². The van der Waals surface area contributed by atoms with E-state index in [-0.39, 0.29) is 38.6 Å². The summed E-state index contributed by atoms with van der Waals surface area (Å²) in [5, 5.41) is 30.7. The molecule has 0 radical (unpaired) electrons. The fraction of sp³-hybridized carbons (Fsp3) is 0.700. The Morgan fingerprint density at radius 3 is 1.12 bits per heavy atom. The van der Waals surface area contributed by atoms with Crippen molar-refractivity contribution >= 4 is 53.3 Å². The Morgan fingerprint density at radius 2 is 0.804 bits per heavy atom. The maximum Gasteiger partial charge on any atom is 0.326 e. The summed E-state index contributed by atoms with van der Waals surface area (Å²) in [7, 11) is 0. The smallest absolute Gasteiger partial charge is 0.326 e. The molecule has 0 aromatic heterocycles. The van der Waals surface area contributed by atoms with Gasteiger partial charge in [0.25, 0.3) is 0 Å². The number of carbonyl (C=O) groups is 9. The molecule has 21 heteroatoms. The number of hydrogen-bond acceptors (Lipinski definition) is 12. The Kier molecular flexibility index (Phi) is 22.7. The van der Waals surface area contributed by atoms with Crippen LogP contribution in [0.3, 0.4) is 0 Å². The van der Waals surface area contributed by atoms with Crippen molar-refractivity contribution in [1.29, 1.82) is 0 Å². The molecule has 290 valence electrons. The predicted octanol–water partition coefficient (Wildman–Crippen LogP) is -4.50. The molecule has 0 saturated carbocycles. The van der Waals surface area contributed by atoms with Crippen LogP contribution < -0.4 is 55.3 Å². The number of primary amides is 2. The van der Waals surface area contributed by atoms with E-state index in [1.807, 2.05) is 0 Å². The van der Waals surface area contributed by atoms with Crippen LogP contribution in [0.1, 0.15) is 84.0 Å². The first-order valence-corrected chi connectivity index (χ1v) is 16.6. The standard InChI is InChI=1S/C30H54N10O11/c1-16(33)25(45)36-18(8-11-22(34)41)27(47)37-17(6-2-4-14-31)26(46)39-20(10-13-24(43)44)28(48)38-19(9-12-23(35)42)29(49)40-21(30(50)51)7-3-5-15-32/h16-21H,2-15,31-33H2,1H3,(H2,34,41)(H2,35,42)(H,36,45)(H,37,47)(H,38,48)(H,39,46)(H,40,49)(H,43,44)(H,50,51)/t16-,17-,18-,19-,20-,21-/m0/s1. The Morgan fingerprint density at radius 1 is 0.490 bits per heavy atom. The van der Waals surface area contributed by atoms with Crippen LogP contribution in [0, 0.1) is 0 Å². The van der Waals surface area contributed by atoms with Crippen LogP contribution in [0.2, 0.25) is 0 Å². The number of carboxylic acid groups (broad SMARTS) is 2. The van der Waals surface area contributed by atoms with Crippen LogP contribution in [0.5, 0.6) is 0 Å². The van der Waals surface area contributed by atoms with Gasteiger partial charge in [0.2, 0.25) is 41.4 Å². The SMILES string of the molecule is C[C@H](N)C(=O)N[C@@H](CCC(N)=O)C(=O)N[C@@H](CCCCN)C(=O)N[C@@H](CCC(=O)O)C(=O)N[C@@H](CCC(N)=O)C(=O)N[C@@H](CCCCN)C(=O)O. The van der Waals surface area contributed by atoms with Gasteiger partial charge in [0.05, 0.1) is 6.04 Å². The molecule has 0 aliphatic carbocycles. The topological polar surface area (TPSA) is 384 Å². The molecule has 21 nitrogen and oxygen atoms in total.